The second-order valence-corrected chi connectivity index (χ2v) is 11.8. The van der Waals surface area contributed by atoms with Crippen molar-refractivity contribution in [2.45, 2.75) is 49.5 Å². The van der Waals surface area contributed by atoms with E-state index in [9.17, 15) is 8.42 Å². The lowest BCUT2D eigenvalue weighted by Gasteiger charge is -2.29. The first-order chi connectivity index (χ1) is 18.5. The predicted molar refractivity (Wildman–Crippen MR) is 148 cm³/mol. The van der Waals surface area contributed by atoms with Gasteiger partial charge in [0.2, 0.25) is 10.0 Å². The van der Waals surface area contributed by atoms with Gasteiger partial charge in [0.05, 0.1) is 32.4 Å². The van der Waals surface area contributed by atoms with Crippen LogP contribution in [0.25, 0.3) is 0 Å². The van der Waals surface area contributed by atoms with E-state index < -0.39 is 16.1 Å². The fourth-order valence-electron chi connectivity index (χ4n) is 5.40. The number of ether oxygens (including phenoxy) is 3. The number of hydrogen-bond acceptors (Lipinski definition) is 6. The van der Waals surface area contributed by atoms with Crippen LogP contribution in [0, 0.1) is 0 Å². The van der Waals surface area contributed by atoms with E-state index in [-0.39, 0.29) is 30.1 Å². The molecule has 5 rings (SSSR count). The van der Waals surface area contributed by atoms with Gasteiger partial charge in [-0.15, -0.1) is 0 Å². The Bertz CT molecular complexity index is 1300. The molecule has 8 heteroatoms. The van der Waals surface area contributed by atoms with Crippen molar-refractivity contribution in [2.75, 3.05) is 38.3 Å². The molecule has 0 aromatic heterocycles. The highest BCUT2D eigenvalue weighted by atomic mass is 32.2. The van der Waals surface area contributed by atoms with Crippen molar-refractivity contribution in [3.8, 4) is 5.75 Å². The average molecular weight is 537 g/mol. The highest BCUT2D eigenvalue weighted by molar-refractivity contribution is 7.89. The Labute approximate surface area is 226 Å². The van der Waals surface area contributed by atoms with Gasteiger partial charge in [-0.2, -0.15) is 4.31 Å². The van der Waals surface area contributed by atoms with Crippen molar-refractivity contribution >= 4 is 15.7 Å². The zero-order valence-corrected chi connectivity index (χ0v) is 22.8. The van der Waals surface area contributed by atoms with Gasteiger partial charge >= 0.3 is 0 Å². The normalized spacial score (nSPS) is 21.9. The molecule has 3 atom stereocenters. The number of sulfonamides is 1. The fourth-order valence-corrected chi connectivity index (χ4v) is 7.15. The molecule has 0 saturated carbocycles. The largest absolute Gasteiger partial charge is 0.485 e. The van der Waals surface area contributed by atoms with Crippen molar-refractivity contribution in [3.63, 3.8) is 0 Å². The molecule has 0 aliphatic carbocycles. The van der Waals surface area contributed by atoms with Gasteiger partial charge in [-0.1, -0.05) is 60.7 Å². The molecule has 2 heterocycles. The first-order valence-electron chi connectivity index (χ1n) is 13.2. The number of nitrogens with zero attached hydrogens (tertiary/aromatic N) is 2. The Morgan fingerprint density at radius 2 is 1.74 bits per heavy atom. The first kappa shape index (κ1) is 26.7. The lowest BCUT2D eigenvalue weighted by molar-refractivity contribution is 0.0313. The Morgan fingerprint density at radius 3 is 2.47 bits per heavy atom. The summed E-state index contributed by atoms with van der Waals surface area (Å²) in [6, 6.07) is 25.0. The quantitative estimate of drug-likeness (QED) is 0.382. The molecule has 2 aliphatic rings. The lowest BCUT2D eigenvalue weighted by Crippen LogP contribution is -2.40. The predicted octanol–water partition coefficient (Wildman–Crippen LogP) is 5.03. The van der Waals surface area contributed by atoms with E-state index in [1.165, 1.54) is 0 Å². The number of rotatable bonds is 9. The maximum atomic E-state index is 14.1. The van der Waals surface area contributed by atoms with Crippen LogP contribution in [0.3, 0.4) is 0 Å². The SMILES string of the molecule is COC[C@H]1CCCN1c1ccc2c(c1)O[C@H](COCc1ccccc1)CN([C@@H](C)c1ccccc1)S2(=O)=O. The summed E-state index contributed by atoms with van der Waals surface area (Å²) >= 11 is 0. The van der Waals surface area contributed by atoms with E-state index in [2.05, 4.69) is 4.90 Å². The van der Waals surface area contributed by atoms with E-state index in [1.54, 1.807) is 17.5 Å². The van der Waals surface area contributed by atoms with Gasteiger partial charge in [-0.25, -0.2) is 8.42 Å². The summed E-state index contributed by atoms with van der Waals surface area (Å²) in [5, 5.41) is 0. The molecular weight excluding hydrogens is 500 g/mol. The van der Waals surface area contributed by atoms with E-state index in [0.29, 0.717) is 19.0 Å². The molecule has 0 spiro atoms. The molecule has 1 saturated heterocycles. The Morgan fingerprint density at radius 1 is 1.00 bits per heavy atom. The van der Waals surface area contributed by atoms with Gasteiger partial charge in [-0.05, 0) is 43.0 Å². The van der Waals surface area contributed by atoms with Crippen LogP contribution in [0.2, 0.25) is 0 Å². The molecule has 1 fully saturated rings. The summed E-state index contributed by atoms with van der Waals surface area (Å²) in [4.78, 5) is 2.48. The van der Waals surface area contributed by atoms with Gasteiger partial charge in [0.1, 0.15) is 16.7 Å². The average Bonchev–Trinajstić information content (AvgIpc) is 3.36. The van der Waals surface area contributed by atoms with E-state index in [4.69, 9.17) is 14.2 Å². The Hall–Kier alpha value is -2.91. The van der Waals surface area contributed by atoms with Gasteiger partial charge < -0.3 is 19.1 Å². The zero-order chi connectivity index (χ0) is 26.5. The Balaban J connectivity index is 1.46. The monoisotopic (exact) mass is 536 g/mol. The molecule has 2 aliphatic heterocycles. The van der Waals surface area contributed by atoms with E-state index >= 15 is 0 Å². The van der Waals surface area contributed by atoms with Crippen LogP contribution in [0.4, 0.5) is 5.69 Å². The maximum absolute atomic E-state index is 14.1. The van der Waals surface area contributed by atoms with Crippen LogP contribution in [0.1, 0.15) is 36.9 Å². The molecule has 202 valence electrons. The van der Waals surface area contributed by atoms with Crippen LogP contribution >= 0.6 is 0 Å². The standard InChI is InChI=1S/C30H36N2O5S/c1-23(25-12-7-4-8-13-25)32-19-28(22-36-20-24-10-5-3-6-11-24)37-29-18-26(15-16-30(29)38(32,33)34)31-17-9-14-27(31)21-35-2/h3-8,10-13,15-16,18,23,27-28H,9,14,17,19-22H2,1-2H3/t23-,27+,28-/m0/s1. The molecule has 3 aromatic carbocycles. The second-order valence-electron chi connectivity index (χ2n) is 9.98. The topological polar surface area (TPSA) is 68.3 Å². The highest BCUT2D eigenvalue weighted by Gasteiger charge is 2.39. The summed E-state index contributed by atoms with van der Waals surface area (Å²) in [7, 11) is -2.12. The molecule has 0 radical (unpaired) electrons. The van der Waals surface area contributed by atoms with Crippen LogP contribution in [0.15, 0.2) is 83.8 Å². The summed E-state index contributed by atoms with van der Waals surface area (Å²) in [6.07, 6.45) is 1.65. The van der Waals surface area contributed by atoms with Gasteiger partial charge in [0, 0.05) is 31.5 Å². The zero-order valence-electron chi connectivity index (χ0n) is 22.0. The molecule has 0 unspecified atom stereocenters. The minimum Gasteiger partial charge on any atom is -0.485 e. The summed E-state index contributed by atoms with van der Waals surface area (Å²) in [5.41, 5.74) is 2.94. The van der Waals surface area contributed by atoms with Crippen LogP contribution < -0.4 is 9.64 Å². The van der Waals surface area contributed by atoms with Crippen molar-refractivity contribution in [1.29, 1.82) is 0 Å². The summed E-state index contributed by atoms with van der Waals surface area (Å²) in [6.45, 7) is 4.35. The van der Waals surface area contributed by atoms with Crippen LogP contribution in [0.5, 0.6) is 5.75 Å². The number of hydrogen-bond donors (Lipinski definition) is 0. The van der Waals surface area contributed by atoms with Crippen molar-refractivity contribution in [1.82, 2.24) is 4.31 Å². The van der Waals surface area contributed by atoms with Crippen molar-refractivity contribution in [2.24, 2.45) is 0 Å². The van der Waals surface area contributed by atoms with E-state index in [0.717, 1.165) is 36.2 Å². The van der Waals surface area contributed by atoms with Gasteiger partial charge in [0.25, 0.3) is 0 Å². The number of fused-ring (bicyclic) bond motifs is 1. The third-order valence-corrected chi connectivity index (χ3v) is 9.36. The van der Waals surface area contributed by atoms with Crippen molar-refractivity contribution in [3.05, 3.63) is 90.0 Å². The molecular formula is C30H36N2O5S. The minimum absolute atomic E-state index is 0.188. The second kappa shape index (κ2) is 11.9. The third kappa shape index (κ3) is 5.73. The number of anilines is 1. The van der Waals surface area contributed by atoms with E-state index in [1.807, 2.05) is 79.7 Å². The minimum atomic E-state index is -3.83. The highest BCUT2D eigenvalue weighted by Crippen LogP contribution is 2.39. The molecule has 0 amide bonds. The van der Waals surface area contributed by atoms with Gasteiger partial charge in [0.15, 0.2) is 0 Å². The number of benzene rings is 3. The lowest BCUT2D eigenvalue weighted by atomic mass is 10.1. The van der Waals surface area contributed by atoms with Crippen LogP contribution in [-0.4, -0.2) is 58.3 Å². The molecule has 38 heavy (non-hydrogen) atoms. The molecule has 0 bridgehead atoms. The summed E-state index contributed by atoms with van der Waals surface area (Å²) in [5.74, 6) is 0.377. The van der Waals surface area contributed by atoms with Crippen molar-refractivity contribution < 1.29 is 22.6 Å². The Kier molecular flexibility index (Phi) is 8.33. The summed E-state index contributed by atoms with van der Waals surface area (Å²) < 4.78 is 47.6. The first-order valence-corrected chi connectivity index (χ1v) is 14.7. The molecule has 7 nitrogen and oxygen atoms in total. The maximum Gasteiger partial charge on any atom is 0.247 e. The molecule has 0 N–H and O–H groups in total. The van der Waals surface area contributed by atoms with Gasteiger partial charge in [-0.3, -0.25) is 0 Å². The third-order valence-electron chi connectivity index (χ3n) is 7.39. The number of methoxy groups -OCH3 is 1. The molecule has 3 aromatic rings. The fraction of sp³-hybridized carbons (Fsp3) is 0.400. The smallest absolute Gasteiger partial charge is 0.247 e. The van der Waals surface area contributed by atoms with Crippen LogP contribution in [-0.2, 0) is 26.1 Å².